The quantitative estimate of drug-likeness (QED) is 0.401. The van der Waals surface area contributed by atoms with Crippen LogP contribution in [-0.4, -0.2) is 45.4 Å². The number of carbonyl (C=O) groups excluding carboxylic acids is 1. The van der Waals surface area contributed by atoms with Crippen LogP contribution in [0.1, 0.15) is 40.9 Å². The molecule has 1 amide bonds. The number of rotatable bonds is 7. The number of nitrogens with zero attached hydrogens (tertiary/aromatic N) is 3. The first kappa shape index (κ1) is 22.2. The van der Waals surface area contributed by atoms with Crippen molar-refractivity contribution < 1.29 is 19.1 Å². The Balaban J connectivity index is 1.42. The normalized spacial score (nSPS) is 14.2. The van der Waals surface area contributed by atoms with Gasteiger partial charge in [0.2, 0.25) is 0 Å². The minimum absolute atomic E-state index is 0.0495. The molecule has 0 saturated heterocycles. The number of carbonyl (C=O) groups is 2. The Morgan fingerprint density at radius 2 is 1.85 bits per heavy atom. The molecule has 0 bridgehead atoms. The predicted molar refractivity (Wildman–Crippen MR) is 128 cm³/mol. The van der Waals surface area contributed by atoms with Crippen molar-refractivity contribution in [2.24, 2.45) is 0 Å². The SMILES string of the molecule is CN(CCC(=O)O)C(=O)c1ccc(-c2nc3ccc(C4(c5ccccc5)CC4)nc3s2)c(F)c1. The number of aliphatic carboxylic acids is 1. The van der Waals surface area contributed by atoms with Gasteiger partial charge in [0.25, 0.3) is 5.91 Å². The molecular formula is C26H22FN3O3S. The van der Waals surface area contributed by atoms with E-state index in [1.165, 1.54) is 41.0 Å². The van der Waals surface area contributed by atoms with Crippen molar-refractivity contribution in [1.82, 2.24) is 14.9 Å². The van der Waals surface area contributed by atoms with Crippen molar-refractivity contribution in [2.75, 3.05) is 13.6 Å². The lowest BCUT2D eigenvalue weighted by atomic mass is 9.92. The average Bonchev–Trinajstić information content (AvgIpc) is 3.55. The summed E-state index contributed by atoms with van der Waals surface area (Å²) in [4.78, 5) is 34.7. The van der Waals surface area contributed by atoms with E-state index in [4.69, 9.17) is 10.1 Å². The fraction of sp³-hybridized carbons (Fsp3) is 0.231. The molecule has 0 radical (unpaired) electrons. The molecule has 1 N–H and O–H groups in total. The number of amides is 1. The number of thiazole rings is 1. The number of fused-ring (bicyclic) bond motifs is 1. The molecule has 4 aromatic rings. The minimum atomic E-state index is -0.995. The molecule has 5 rings (SSSR count). The Labute approximate surface area is 199 Å². The maximum Gasteiger partial charge on any atom is 0.305 e. The molecule has 2 aromatic heterocycles. The van der Waals surface area contributed by atoms with Gasteiger partial charge in [-0.25, -0.2) is 14.4 Å². The lowest BCUT2D eigenvalue weighted by molar-refractivity contribution is -0.137. The van der Waals surface area contributed by atoms with Crippen LogP contribution in [0, 0.1) is 5.82 Å². The molecule has 1 aliphatic rings. The largest absolute Gasteiger partial charge is 0.481 e. The maximum atomic E-state index is 15.0. The van der Waals surface area contributed by atoms with Gasteiger partial charge in [-0.15, -0.1) is 0 Å². The van der Waals surface area contributed by atoms with Crippen molar-refractivity contribution >= 4 is 33.6 Å². The highest BCUT2D eigenvalue weighted by Gasteiger charge is 2.47. The number of benzene rings is 2. The standard InChI is InChI=1S/C26H22FN3O3S/c1-30(14-11-22(31)32)25(33)16-7-8-18(19(27)15-16)23-28-20-9-10-21(29-24(20)34-23)26(12-13-26)17-5-3-2-4-6-17/h2-10,15H,11-14H2,1H3,(H,31,32). The van der Waals surface area contributed by atoms with E-state index in [1.54, 1.807) is 6.07 Å². The zero-order chi connectivity index (χ0) is 23.9. The monoisotopic (exact) mass is 475 g/mol. The smallest absolute Gasteiger partial charge is 0.305 e. The average molecular weight is 476 g/mol. The summed E-state index contributed by atoms with van der Waals surface area (Å²) < 4.78 is 15.0. The number of carboxylic acids is 1. The molecule has 6 nitrogen and oxygen atoms in total. The molecule has 0 unspecified atom stereocenters. The second kappa shape index (κ2) is 8.61. The first-order chi connectivity index (χ1) is 16.4. The Morgan fingerprint density at radius 1 is 1.09 bits per heavy atom. The lowest BCUT2D eigenvalue weighted by Crippen LogP contribution is -2.29. The van der Waals surface area contributed by atoms with E-state index >= 15 is 0 Å². The third kappa shape index (κ3) is 4.05. The Morgan fingerprint density at radius 3 is 2.53 bits per heavy atom. The van der Waals surface area contributed by atoms with Crippen LogP contribution in [0.5, 0.6) is 0 Å². The van der Waals surface area contributed by atoms with Crippen LogP contribution in [0.2, 0.25) is 0 Å². The molecule has 0 spiro atoms. The summed E-state index contributed by atoms with van der Waals surface area (Å²) in [6, 6.07) is 18.6. The summed E-state index contributed by atoms with van der Waals surface area (Å²) in [6.45, 7) is 0.0495. The van der Waals surface area contributed by atoms with Crippen LogP contribution in [0.25, 0.3) is 20.9 Å². The number of hydrogen-bond donors (Lipinski definition) is 1. The maximum absolute atomic E-state index is 15.0. The third-order valence-corrected chi connectivity index (χ3v) is 7.27. The van der Waals surface area contributed by atoms with Crippen molar-refractivity contribution in [3.63, 3.8) is 0 Å². The summed E-state index contributed by atoms with van der Waals surface area (Å²) in [6.07, 6.45) is 1.92. The van der Waals surface area contributed by atoms with Crippen molar-refractivity contribution in [1.29, 1.82) is 0 Å². The van der Waals surface area contributed by atoms with Crippen LogP contribution in [0.4, 0.5) is 4.39 Å². The first-order valence-corrected chi connectivity index (χ1v) is 11.8. The van der Waals surface area contributed by atoms with E-state index in [0.29, 0.717) is 16.1 Å². The third-order valence-electron chi connectivity index (χ3n) is 6.28. The van der Waals surface area contributed by atoms with Crippen LogP contribution in [0.15, 0.2) is 60.7 Å². The molecule has 172 valence electrons. The molecule has 34 heavy (non-hydrogen) atoms. The number of aromatic nitrogens is 2. The summed E-state index contributed by atoms with van der Waals surface area (Å²) in [5, 5.41) is 9.30. The Kier molecular flexibility index (Phi) is 5.61. The number of halogens is 1. The molecular weight excluding hydrogens is 453 g/mol. The van der Waals surface area contributed by atoms with Gasteiger partial charge < -0.3 is 10.0 Å². The molecule has 0 aliphatic heterocycles. The molecule has 2 heterocycles. The van der Waals surface area contributed by atoms with Crippen molar-refractivity contribution in [2.45, 2.75) is 24.7 Å². The second-order valence-corrected chi connectivity index (χ2v) is 9.53. The highest BCUT2D eigenvalue weighted by Crippen LogP contribution is 2.53. The van der Waals surface area contributed by atoms with Crippen molar-refractivity contribution in [3.8, 4) is 10.6 Å². The van der Waals surface area contributed by atoms with Crippen LogP contribution >= 0.6 is 11.3 Å². The molecule has 0 atom stereocenters. The van der Waals surface area contributed by atoms with Gasteiger partial charge >= 0.3 is 5.97 Å². The first-order valence-electron chi connectivity index (χ1n) is 11.0. The second-order valence-electron chi connectivity index (χ2n) is 8.55. The fourth-order valence-corrected chi connectivity index (χ4v) is 5.15. The zero-order valence-corrected chi connectivity index (χ0v) is 19.3. The van der Waals surface area contributed by atoms with E-state index in [9.17, 15) is 14.0 Å². The van der Waals surface area contributed by atoms with Gasteiger partial charge in [0, 0.05) is 30.1 Å². The molecule has 1 aliphatic carbocycles. The molecule has 8 heteroatoms. The number of carboxylic acid groups (broad SMARTS) is 1. The Bertz CT molecular complexity index is 1400. The summed E-state index contributed by atoms with van der Waals surface area (Å²) >= 11 is 1.33. The van der Waals surface area contributed by atoms with Crippen LogP contribution in [0.3, 0.4) is 0 Å². The van der Waals surface area contributed by atoms with Crippen molar-refractivity contribution in [3.05, 3.63) is 83.3 Å². The Hall–Kier alpha value is -3.65. The lowest BCUT2D eigenvalue weighted by Gasteiger charge is -2.16. The highest BCUT2D eigenvalue weighted by molar-refractivity contribution is 7.21. The number of hydrogen-bond acceptors (Lipinski definition) is 5. The number of pyridine rings is 1. The van der Waals surface area contributed by atoms with Gasteiger partial charge in [0.1, 0.15) is 21.2 Å². The van der Waals surface area contributed by atoms with E-state index in [-0.39, 0.29) is 23.9 Å². The molecule has 1 saturated carbocycles. The fourth-order valence-electron chi connectivity index (χ4n) is 4.18. The van der Waals surface area contributed by atoms with Gasteiger partial charge in [-0.2, -0.15) is 0 Å². The molecule has 2 aromatic carbocycles. The predicted octanol–water partition coefficient (Wildman–Crippen LogP) is 5.12. The van der Waals surface area contributed by atoms with E-state index < -0.39 is 17.7 Å². The van der Waals surface area contributed by atoms with E-state index in [2.05, 4.69) is 17.1 Å². The summed E-state index contributed by atoms with van der Waals surface area (Å²) in [5.74, 6) is -1.98. The van der Waals surface area contributed by atoms with Crippen LogP contribution in [-0.2, 0) is 10.2 Å². The van der Waals surface area contributed by atoms with Crippen LogP contribution < -0.4 is 0 Å². The summed E-state index contributed by atoms with van der Waals surface area (Å²) in [5.41, 5.74) is 3.38. The van der Waals surface area contributed by atoms with Gasteiger partial charge in [-0.05, 0) is 48.7 Å². The molecule has 1 fully saturated rings. The topological polar surface area (TPSA) is 83.4 Å². The van der Waals surface area contributed by atoms with Gasteiger partial charge in [-0.1, -0.05) is 41.7 Å². The highest BCUT2D eigenvalue weighted by atomic mass is 32.1. The van der Waals surface area contributed by atoms with E-state index in [1.807, 2.05) is 30.3 Å². The van der Waals surface area contributed by atoms with Gasteiger partial charge in [0.15, 0.2) is 0 Å². The van der Waals surface area contributed by atoms with Gasteiger partial charge in [0.05, 0.1) is 12.1 Å². The minimum Gasteiger partial charge on any atom is -0.481 e. The van der Waals surface area contributed by atoms with E-state index in [0.717, 1.165) is 23.4 Å². The zero-order valence-electron chi connectivity index (χ0n) is 18.5. The summed E-state index contributed by atoms with van der Waals surface area (Å²) in [7, 11) is 1.50. The van der Waals surface area contributed by atoms with Gasteiger partial charge in [-0.3, -0.25) is 9.59 Å².